The normalized spacial score (nSPS) is 22.2. The van der Waals surface area contributed by atoms with Crippen molar-refractivity contribution in [3.05, 3.63) is 35.9 Å². The number of carbonyl (C=O) groups excluding carboxylic acids is 3. The molecule has 4 atom stereocenters. The van der Waals surface area contributed by atoms with Crippen molar-refractivity contribution in [3.63, 3.8) is 0 Å². The lowest BCUT2D eigenvalue weighted by atomic mass is 10.1. The van der Waals surface area contributed by atoms with E-state index in [1.54, 1.807) is 29.2 Å². The number of benzene rings is 1. The first-order valence-corrected chi connectivity index (χ1v) is 11.6. The van der Waals surface area contributed by atoms with E-state index in [9.17, 15) is 24.3 Å². The lowest BCUT2D eigenvalue weighted by Gasteiger charge is -2.28. The predicted octanol–water partition coefficient (Wildman–Crippen LogP) is -0.0439. The number of likely N-dealkylation sites (tertiary alicyclic amines) is 1. The Morgan fingerprint density at radius 1 is 1.09 bits per heavy atom. The average Bonchev–Trinajstić information content (AvgIpc) is 3.49. The lowest BCUT2D eigenvalue weighted by molar-refractivity contribution is -0.143. The van der Waals surface area contributed by atoms with E-state index in [0.29, 0.717) is 19.4 Å². The summed E-state index contributed by atoms with van der Waals surface area (Å²) >= 11 is 4.17. The number of hydrogen-bond donors (Lipinski definition) is 5. The zero-order valence-corrected chi connectivity index (χ0v) is 18.7. The maximum atomic E-state index is 12.9. The Bertz CT molecular complexity index is 831. The molecule has 9 nitrogen and oxygen atoms in total. The minimum absolute atomic E-state index is 0.0000956. The molecular weight excluding hydrogens is 432 g/mol. The van der Waals surface area contributed by atoms with Gasteiger partial charge in [-0.3, -0.25) is 14.4 Å². The molecule has 0 saturated carbocycles. The SMILES string of the molecule is O=C(O)C(Cc1ccccc1)NC(=O)C(CS)NC(=O)C1CCCN1C(=O)C1CCCN1. The molecule has 2 fully saturated rings. The van der Waals surface area contributed by atoms with Crippen molar-refractivity contribution in [2.45, 2.75) is 56.3 Å². The average molecular weight is 463 g/mol. The van der Waals surface area contributed by atoms with Crippen LogP contribution in [0.3, 0.4) is 0 Å². The van der Waals surface area contributed by atoms with Gasteiger partial charge in [0.1, 0.15) is 18.1 Å². The minimum atomic E-state index is -1.16. The second-order valence-electron chi connectivity index (χ2n) is 8.17. The van der Waals surface area contributed by atoms with Gasteiger partial charge in [-0.25, -0.2) is 4.79 Å². The number of carboxylic acids is 1. The summed E-state index contributed by atoms with van der Waals surface area (Å²) in [5.41, 5.74) is 0.771. The Morgan fingerprint density at radius 2 is 1.84 bits per heavy atom. The first-order valence-electron chi connectivity index (χ1n) is 10.9. The van der Waals surface area contributed by atoms with Crippen LogP contribution in [0.2, 0.25) is 0 Å². The zero-order valence-electron chi connectivity index (χ0n) is 17.8. The summed E-state index contributed by atoms with van der Waals surface area (Å²) in [6, 6.07) is 5.93. The molecule has 0 aromatic heterocycles. The summed E-state index contributed by atoms with van der Waals surface area (Å²) in [5, 5.41) is 17.8. The number of amides is 3. The standard InChI is InChI=1S/C22H30N4O5S/c27-19(24-16(22(30)31)12-14-6-2-1-3-7-14)17(13-32)25-20(28)18-9-5-11-26(18)21(29)15-8-4-10-23-15/h1-3,6-7,15-18,23,32H,4-5,8-13H2,(H,24,27)(H,25,28)(H,30,31). The number of aliphatic carboxylic acids is 1. The monoisotopic (exact) mass is 462 g/mol. The molecule has 174 valence electrons. The van der Waals surface area contributed by atoms with Crippen LogP contribution in [0.5, 0.6) is 0 Å². The Kier molecular flexibility index (Phi) is 8.52. The minimum Gasteiger partial charge on any atom is -0.480 e. The van der Waals surface area contributed by atoms with Crippen LogP contribution in [-0.2, 0) is 25.6 Å². The molecule has 4 N–H and O–H groups in total. The smallest absolute Gasteiger partial charge is 0.326 e. The van der Waals surface area contributed by atoms with Crippen LogP contribution >= 0.6 is 12.6 Å². The summed E-state index contributed by atoms with van der Waals surface area (Å²) in [6.45, 7) is 1.29. The maximum absolute atomic E-state index is 12.9. The van der Waals surface area contributed by atoms with Gasteiger partial charge in [0.05, 0.1) is 6.04 Å². The first-order chi connectivity index (χ1) is 15.4. The van der Waals surface area contributed by atoms with Crippen LogP contribution in [0.4, 0.5) is 0 Å². The molecule has 32 heavy (non-hydrogen) atoms. The molecule has 1 aromatic carbocycles. The second-order valence-corrected chi connectivity index (χ2v) is 8.54. The number of hydrogen-bond acceptors (Lipinski definition) is 6. The maximum Gasteiger partial charge on any atom is 0.326 e. The highest BCUT2D eigenvalue weighted by Crippen LogP contribution is 2.21. The Hall–Kier alpha value is -2.59. The highest BCUT2D eigenvalue weighted by Gasteiger charge is 2.39. The number of nitrogens with one attached hydrogen (secondary N) is 3. The predicted molar refractivity (Wildman–Crippen MR) is 121 cm³/mol. The zero-order chi connectivity index (χ0) is 23.1. The van der Waals surface area contributed by atoms with Gasteiger partial charge in [0.2, 0.25) is 17.7 Å². The van der Waals surface area contributed by atoms with Crippen LogP contribution in [0.15, 0.2) is 30.3 Å². The van der Waals surface area contributed by atoms with Gasteiger partial charge in [-0.15, -0.1) is 0 Å². The van der Waals surface area contributed by atoms with Crippen molar-refractivity contribution in [2.75, 3.05) is 18.8 Å². The van der Waals surface area contributed by atoms with Crippen molar-refractivity contribution in [1.29, 1.82) is 0 Å². The van der Waals surface area contributed by atoms with Crippen molar-refractivity contribution < 1.29 is 24.3 Å². The quantitative estimate of drug-likeness (QED) is 0.328. The molecule has 0 spiro atoms. The Labute approximate surface area is 192 Å². The summed E-state index contributed by atoms with van der Waals surface area (Å²) in [7, 11) is 0. The fourth-order valence-electron chi connectivity index (χ4n) is 4.18. The van der Waals surface area contributed by atoms with Gasteiger partial charge in [-0.2, -0.15) is 12.6 Å². The molecule has 0 bridgehead atoms. The highest BCUT2D eigenvalue weighted by atomic mass is 32.1. The molecule has 4 unspecified atom stereocenters. The molecule has 3 rings (SSSR count). The molecule has 0 radical (unpaired) electrons. The largest absolute Gasteiger partial charge is 0.480 e. The van der Waals surface area contributed by atoms with Crippen LogP contribution in [0.25, 0.3) is 0 Å². The van der Waals surface area contributed by atoms with Crippen molar-refractivity contribution in [2.24, 2.45) is 0 Å². The molecule has 2 saturated heterocycles. The lowest BCUT2D eigenvalue weighted by Crippen LogP contribution is -2.57. The van der Waals surface area contributed by atoms with Gasteiger partial charge in [0.15, 0.2) is 0 Å². The highest BCUT2D eigenvalue weighted by molar-refractivity contribution is 7.80. The molecule has 3 amide bonds. The molecular formula is C22H30N4O5S. The molecule has 0 aliphatic carbocycles. The van der Waals surface area contributed by atoms with Gasteiger partial charge in [0.25, 0.3) is 0 Å². The molecule has 1 aromatic rings. The van der Waals surface area contributed by atoms with E-state index < -0.39 is 35.9 Å². The topological polar surface area (TPSA) is 128 Å². The van der Waals surface area contributed by atoms with Gasteiger partial charge in [-0.1, -0.05) is 30.3 Å². The number of thiol groups is 1. The number of carbonyl (C=O) groups is 4. The Balaban J connectivity index is 1.60. The van der Waals surface area contributed by atoms with E-state index in [4.69, 9.17) is 0 Å². The van der Waals surface area contributed by atoms with E-state index in [-0.39, 0.29) is 24.1 Å². The third-order valence-electron chi connectivity index (χ3n) is 5.91. The van der Waals surface area contributed by atoms with Crippen LogP contribution < -0.4 is 16.0 Å². The molecule has 2 aliphatic heterocycles. The van der Waals surface area contributed by atoms with E-state index in [0.717, 1.165) is 24.9 Å². The third kappa shape index (κ3) is 6.01. The van der Waals surface area contributed by atoms with E-state index in [1.807, 2.05) is 6.07 Å². The summed E-state index contributed by atoms with van der Waals surface area (Å²) in [5.74, 6) is -2.29. The fraction of sp³-hybridized carbons (Fsp3) is 0.545. The summed E-state index contributed by atoms with van der Waals surface area (Å²) < 4.78 is 0. The van der Waals surface area contributed by atoms with Crippen LogP contribution in [0.1, 0.15) is 31.2 Å². The van der Waals surface area contributed by atoms with E-state index in [1.165, 1.54) is 0 Å². The second kappa shape index (κ2) is 11.3. The molecule has 10 heteroatoms. The van der Waals surface area contributed by atoms with Crippen molar-refractivity contribution in [1.82, 2.24) is 20.9 Å². The van der Waals surface area contributed by atoms with Gasteiger partial charge < -0.3 is 26.0 Å². The van der Waals surface area contributed by atoms with Crippen molar-refractivity contribution in [3.8, 4) is 0 Å². The first kappa shape index (κ1) is 24.1. The Morgan fingerprint density at radius 3 is 2.47 bits per heavy atom. The van der Waals surface area contributed by atoms with Crippen molar-refractivity contribution >= 4 is 36.3 Å². The fourth-order valence-corrected chi connectivity index (χ4v) is 4.44. The summed E-state index contributed by atoms with van der Waals surface area (Å²) in [6.07, 6.45) is 3.04. The van der Waals surface area contributed by atoms with Crippen LogP contribution in [0, 0.1) is 0 Å². The van der Waals surface area contributed by atoms with Gasteiger partial charge in [-0.05, 0) is 37.8 Å². The van der Waals surface area contributed by atoms with E-state index in [2.05, 4.69) is 28.6 Å². The molecule has 2 aliphatic rings. The number of rotatable bonds is 9. The summed E-state index contributed by atoms with van der Waals surface area (Å²) in [4.78, 5) is 51.6. The molecule has 2 heterocycles. The van der Waals surface area contributed by atoms with Crippen LogP contribution in [-0.4, -0.2) is 76.7 Å². The van der Waals surface area contributed by atoms with Gasteiger partial charge in [0, 0.05) is 18.7 Å². The van der Waals surface area contributed by atoms with Gasteiger partial charge >= 0.3 is 5.97 Å². The number of carboxylic acid groups (broad SMARTS) is 1. The van der Waals surface area contributed by atoms with E-state index >= 15 is 0 Å². The third-order valence-corrected chi connectivity index (χ3v) is 6.27. The number of nitrogens with zero attached hydrogens (tertiary/aromatic N) is 1.